The van der Waals surface area contributed by atoms with E-state index in [2.05, 4.69) is 0 Å². The van der Waals surface area contributed by atoms with Crippen LogP contribution in [0.15, 0.2) is 33.5 Å². The molecule has 0 saturated carbocycles. The molecular formula is C19H16O4. The number of ether oxygens (including phenoxy) is 1. The van der Waals surface area contributed by atoms with Gasteiger partial charge in [0.15, 0.2) is 0 Å². The minimum absolute atomic E-state index is 0.395. The maximum Gasteiger partial charge on any atom is 0.344 e. The van der Waals surface area contributed by atoms with Gasteiger partial charge in [0, 0.05) is 10.8 Å². The zero-order valence-corrected chi connectivity index (χ0v) is 13.1. The summed E-state index contributed by atoms with van der Waals surface area (Å²) < 4.78 is 10.4. The van der Waals surface area contributed by atoms with Crippen LogP contribution in [0.5, 0.6) is 0 Å². The maximum atomic E-state index is 12.5. The number of rotatable bonds is 1. The SMILES string of the molecule is COC(=O)c1cc2c(=O)oc3c(C)cccc3c2c2c1CCC2. The Labute approximate surface area is 132 Å². The number of carbonyl (C=O) groups excluding carboxylic acids is 1. The quantitative estimate of drug-likeness (QED) is 0.392. The molecule has 4 nitrogen and oxygen atoms in total. The van der Waals surface area contributed by atoms with E-state index < -0.39 is 11.6 Å². The Kier molecular flexibility index (Phi) is 3.01. The highest BCUT2D eigenvalue weighted by molar-refractivity contribution is 6.10. The number of hydrogen-bond donors (Lipinski definition) is 0. The summed E-state index contributed by atoms with van der Waals surface area (Å²) in [5, 5.41) is 2.33. The number of carbonyl (C=O) groups is 1. The van der Waals surface area contributed by atoms with Gasteiger partial charge >= 0.3 is 11.6 Å². The predicted octanol–water partition coefficient (Wildman–Crippen LogP) is 3.53. The van der Waals surface area contributed by atoms with Crippen molar-refractivity contribution < 1.29 is 13.9 Å². The molecule has 4 heteroatoms. The third-order valence-corrected chi connectivity index (χ3v) is 4.70. The van der Waals surface area contributed by atoms with E-state index in [0.717, 1.165) is 46.7 Å². The number of esters is 1. The van der Waals surface area contributed by atoms with Gasteiger partial charge in [-0.25, -0.2) is 9.59 Å². The van der Waals surface area contributed by atoms with Crippen molar-refractivity contribution in [3.8, 4) is 0 Å². The van der Waals surface area contributed by atoms with Crippen LogP contribution in [-0.2, 0) is 17.6 Å². The van der Waals surface area contributed by atoms with Crippen LogP contribution in [0, 0.1) is 6.92 Å². The van der Waals surface area contributed by atoms with E-state index in [-0.39, 0.29) is 0 Å². The molecule has 116 valence electrons. The Balaban J connectivity index is 2.25. The van der Waals surface area contributed by atoms with Crippen LogP contribution in [0.25, 0.3) is 21.7 Å². The molecule has 23 heavy (non-hydrogen) atoms. The molecule has 1 aliphatic carbocycles. The molecule has 0 unspecified atom stereocenters. The van der Waals surface area contributed by atoms with Gasteiger partial charge < -0.3 is 9.15 Å². The summed E-state index contributed by atoms with van der Waals surface area (Å²) in [6, 6.07) is 7.51. The first-order valence-corrected chi connectivity index (χ1v) is 7.71. The van der Waals surface area contributed by atoms with Crippen LogP contribution in [-0.4, -0.2) is 13.1 Å². The summed E-state index contributed by atoms with van der Waals surface area (Å²) >= 11 is 0. The molecule has 3 aromatic rings. The van der Waals surface area contributed by atoms with Crippen molar-refractivity contribution in [2.45, 2.75) is 26.2 Å². The Hall–Kier alpha value is -2.62. The summed E-state index contributed by atoms with van der Waals surface area (Å²) in [5.41, 5.74) is 3.76. The topological polar surface area (TPSA) is 56.5 Å². The van der Waals surface area contributed by atoms with Gasteiger partial charge in [-0.2, -0.15) is 0 Å². The van der Waals surface area contributed by atoms with E-state index in [1.165, 1.54) is 7.11 Å². The Morgan fingerprint density at radius 2 is 1.96 bits per heavy atom. The van der Waals surface area contributed by atoms with Gasteiger partial charge in [0.05, 0.1) is 18.1 Å². The average Bonchev–Trinajstić information content (AvgIpc) is 3.04. The molecule has 0 spiro atoms. The molecule has 0 N–H and O–H groups in total. The highest BCUT2D eigenvalue weighted by Gasteiger charge is 2.25. The van der Waals surface area contributed by atoms with Crippen molar-refractivity contribution >= 4 is 27.7 Å². The smallest absolute Gasteiger partial charge is 0.344 e. The molecule has 0 amide bonds. The van der Waals surface area contributed by atoms with E-state index in [1.54, 1.807) is 6.07 Å². The largest absolute Gasteiger partial charge is 0.465 e. The first-order valence-electron chi connectivity index (χ1n) is 7.71. The van der Waals surface area contributed by atoms with Gasteiger partial charge in [0.1, 0.15) is 5.58 Å². The number of para-hydroxylation sites is 1. The van der Waals surface area contributed by atoms with Gasteiger partial charge in [-0.15, -0.1) is 0 Å². The van der Waals surface area contributed by atoms with Gasteiger partial charge in [-0.05, 0) is 48.9 Å². The minimum atomic E-state index is -0.401. The first-order chi connectivity index (χ1) is 11.1. The Bertz CT molecular complexity index is 1030. The van der Waals surface area contributed by atoms with E-state index in [4.69, 9.17) is 9.15 Å². The van der Waals surface area contributed by atoms with Gasteiger partial charge in [-0.3, -0.25) is 0 Å². The highest BCUT2D eigenvalue weighted by atomic mass is 16.5. The molecule has 4 rings (SSSR count). The fourth-order valence-corrected chi connectivity index (χ4v) is 3.68. The van der Waals surface area contributed by atoms with Crippen LogP contribution in [0.3, 0.4) is 0 Å². The van der Waals surface area contributed by atoms with Crippen molar-refractivity contribution in [3.05, 3.63) is 56.9 Å². The van der Waals surface area contributed by atoms with E-state index in [1.807, 2.05) is 25.1 Å². The van der Waals surface area contributed by atoms with Crippen molar-refractivity contribution in [1.29, 1.82) is 0 Å². The third kappa shape index (κ3) is 1.91. The van der Waals surface area contributed by atoms with E-state index in [9.17, 15) is 9.59 Å². The minimum Gasteiger partial charge on any atom is -0.465 e. The number of benzene rings is 2. The van der Waals surface area contributed by atoms with Crippen molar-refractivity contribution in [2.75, 3.05) is 7.11 Å². The van der Waals surface area contributed by atoms with E-state index >= 15 is 0 Å². The monoisotopic (exact) mass is 308 g/mol. The molecule has 1 aliphatic rings. The lowest BCUT2D eigenvalue weighted by molar-refractivity contribution is 0.0600. The van der Waals surface area contributed by atoms with Crippen LogP contribution in [0.1, 0.15) is 33.5 Å². The summed E-state index contributed by atoms with van der Waals surface area (Å²) in [4.78, 5) is 24.6. The normalized spacial score (nSPS) is 13.5. The lowest BCUT2D eigenvalue weighted by Crippen LogP contribution is -2.10. The number of fused-ring (bicyclic) bond motifs is 5. The van der Waals surface area contributed by atoms with Crippen LogP contribution >= 0.6 is 0 Å². The molecule has 1 heterocycles. The third-order valence-electron chi connectivity index (χ3n) is 4.70. The summed E-state index contributed by atoms with van der Waals surface area (Å²) in [7, 11) is 1.36. The predicted molar refractivity (Wildman–Crippen MR) is 88.1 cm³/mol. The molecule has 0 bridgehead atoms. The number of hydrogen-bond acceptors (Lipinski definition) is 4. The maximum absolute atomic E-state index is 12.5. The number of methoxy groups -OCH3 is 1. The Morgan fingerprint density at radius 3 is 2.74 bits per heavy atom. The molecular weight excluding hydrogens is 292 g/mol. The lowest BCUT2D eigenvalue weighted by Gasteiger charge is -2.12. The lowest BCUT2D eigenvalue weighted by atomic mass is 9.94. The van der Waals surface area contributed by atoms with Crippen LogP contribution in [0.2, 0.25) is 0 Å². The average molecular weight is 308 g/mol. The summed E-state index contributed by atoms with van der Waals surface area (Å²) in [6.45, 7) is 1.93. The van der Waals surface area contributed by atoms with Gasteiger partial charge in [0.2, 0.25) is 0 Å². The molecule has 0 saturated heterocycles. The van der Waals surface area contributed by atoms with Gasteiger partial charge in [0.25, 0.3) is 0 Å². The van der Waals surface area contributed by atoms with Crippen molar-refractivity contribution in [2.24, 2.45) is 0 Å². The van der Waals surface area contributed by atoms with Crippen molar-refractivity contribution in [1.82, 2.24) is 0 Å². The molecule has 0 atom stereocenters. The fourth-order valence-electron chi connectivity index (χ4n) is 3.68. The summed E-state index contributed by atoms with van der Waals surface area (Å²) in [5.74, 6) is -0.395. The van der Waals surface area contributed by atoms with E-state index in [0.29, 0.717) is 16.5 Å². The zero-order chi connectivity index (χ0) is 16.1. The van der Waals surface area contributed by atoms with Gasteiger partial charge in [-0.1, -0.05) is 18.2 Å². The molecule has 1 aromatic heterocycles. The van der Waals surface area contributed by atoms with Crippen LogP contribution < -0.4 is 5.63 Å². The summed E-state index contributed by atoms with van der Waals surface area (Å²) in [6.07, 6.45) is 2.68. The first kappa shape index (κ1) is 14.0. The second kappa shape index (κ2) is 4.95. The standard InChI is InChI=1S/C19H16O4/c1-10-5-3-8-13-16-12-7-4-6-11(12)14(18(20)22-2)9-15(16)19(21)23-17(10)13/h3,5,8-9H,4,6-7H2,1-2H3. The number of aryl methyl sites for hydroxylation is 2. The molecule has 0 fully saturated rings. The Morgan fingerprint density at radius 1 is 1.17 bits per heavy atom. The molecule has 0 radical (unpaired) electrons. The molecule has 0 aliphatic heterocycles. The van der Waals surface area contributed by atoms with Crippen LogP contribution in [0.4, 0.5) is 0 Å². The molecule has 2 aromatic carbocycles. The fraction of sp³-hybridized carbons (Fsp3) is 0.263. The van der Waals surface area contributed by atoms with Crippen molar-refractivity contribution in [3.63, 3.8) is 0 Å². The zero-order valence-electron chi connectivity index (χ0n) is 13.1. The second-order valence-electron chi connectivity index (χ2n) is 5.99. The highest BCUT2D eigenvalue weighted by Crippen LogP contribution is 2.36. The second-order valence-corrected chi connectivity index (χ2v) is 5.99.